The molecule has 0 spiro atoms. The van der Waals surface area contributed by atoms with E-state index < -0.39 is 65.5 Å². The average molecular weight is 732 g/mol. The van der Waals surface area contributed by atoms with Crippen LogP contribution in [0.15, 0.2) is 41.3 Å². The molecule has 1 saturated heterocycles. The maximum Gasteiger partial charge on any atom is 0.416 e. The van der Waals surface area contributed by atoms with E-state index in [0.717, 1.165) is 47.6 Å². The van der Waals surface area contributed by atoms with Crippen molar-refractivity contribution in [1.29, 1.82) is 0 Å². The first-order valence-corrected chi connectivity index (χ1v) is 18.0. The van der Waals surface area contributed by atoms with E-state index >= 15 is 4.39 Å². The lowest BCUT2D eigenvalue weighted by Crippen LogP contribution is -2.49. The van der Waals surface area contributed by atoms with E-state index in [2.05, 4.69) is 5.32 Å². The van der Waals surface area contributed by atoms with Crippen LogP contribution in [0.2, 0.25) is 0 Å². The van der Waals surface area contributed by atoms with Gasteiger partial charge in [-0.05, 0) is 109 Å². The van der Waals surface area contributed by atoms with Crippen molar-refractivity contribution in [3.05, 3.63) is 91.9 Å². The first-order chi connectivity index (χ1) is 24.7. The minimum atomic E-state index is -4.86. The lowest BCUT2D eigenvalue weighted by molar-refractivity contribution is -0.139. The quantitative estimate of drug-likeness (QED) is 0.241. The maximum absolute atomic E-state index is 16.4. The Morgan fingerprint density at radius 2 is 1.63 bits per heavy atom. The number of pyridine rings is 1. The van der Waals surface area contributed by atoms with Crippen LogP contribution in [0.1, 0.15) is 109 Å². The fraction of sp³-hybridized carbons (Fsp3) is 0.513. The van der Waals surface area contributed by atoms with E-state index in [-0.39, 0.29) is 49.5 Å². The summed E-state index contributed by atoms with van der Waals surface area (Å²) in [6.07, 6.45) is -0.426. The van der Waals surface area contributed by atoms with Gasteiger partial charge in [-0.15, -0.1) is 0 Å². The van der Waals surface area contributed by atoms with Crippen molar-refractivity contribution in [3.63, 3.8) is 0 Å². The van der Waals surface area contributed by atoms with Gasteiger partial charge < -0.3 is 15.0 Å². The molecule has 3 heterocycles. The van der Waals surface area contributed by atoms with Crippen LogP contribution in [0, 0.1) is 18.6 Å². The molecule has 2 bridgehead atoms. The Morgan fingerprint density at radius 3 is 2.31 bits per heavy atom. The number of nitrogens with one attached hydrogen (secondary N) is 1. The molecule has 2 N–H and O–H groups in total. The highest BCUT2D eigenvalue weighted by atomic mass is 19.4. The lowest BCUT2D eigenvalue weighted by Gasteiger charge is -2.34. The van der Waals surface area contributed by atoms with Gasteiger partial charge in [0.2, 0.25) is 5.91 Å². The molecule has 1 aliphatic carbocycles. The third kappa shape index (κ3) is 8.56. The number of aliphatic carboxylic acids is 1. The van der Waals surface area contributed by atoms with Gasteiger partial charge in [-0.2, -0.15) is 13.2 Å². The molecule has 0 radical (unpaired) electrons. The number of halogens is 6. The summed E-state index contributed by atoms with van der Waals surface area (Å²) in [5, 5.41) is 12.6. The highest BCUT2D eigenvalue weighted by molar-refractivity contribution is 5.82. The van der Waals surface area contributed by atoms with Crippen LogP contribution in [-0.4, -0.2) is 52.3 Å². The van der Waals surface area contributed by atoms with Gasteiger partial charge in [-0.25, -0.2) is 13.2 Å². The summed E-state index contributed by atoms with van der Waals surface area (Å²) in [6.45, 7) is 2.07. The fourth-order valence-corrected chi connectivity index (χ4v) is 7.71. The number of alkyl halides is 4. The summed E-state index contributed by atoms with van der Waals surface area (Å²) >= 11 is 0. The average Bonchev–Trinajstić information content (AvgIpc) is 3.89. The molecule has 280 valence electrons. The zero-order valence-corrected chi connectivity index (χ0v) is 29.0. The number of likely N-dealkylation sites (tertiary alicyclic amines) is 1. The number of carboxylic acids is 1. The molecule has 3 aliphatic rings. The van der Waals surface area contributed by atoms with Gasteiger partial charge in [0.1, 0.15) is 23.8 Å². The summed E-state index contributed by atoms with van der Waals surface area (Å²) in [7, 11) is 0. The second kappa shape index (κ2) is 15.5. The van der Waals surface area contributed by atoms with Crippen LogP contribution >= 0.6 is 0 Å². The third-order valence-electron chi connectivity index (χ3n) is 10.5. The number of hydrogen-bond acceptors (Lipinski definition) is 4. The van der Waals surface area contributed by atoms with Gasteiger partial charge in [0.05, 0.1) is 18.0 Å². The van der Waals surface area contributed by atoms with Crippen LogP contribution < -0.4 is 10.9 Å². The Balaban J connectivity index is 1.44. The van der Waals surface area contributed by atoms with Crippen LogP contribution in [-0.2, 0) is 28.6 Å². The standard InChI is InChI=1S/C39H43F6N3O4/c1-22-13-27(40)14-24-7-5-3-2-4-6-8-33(48-19-25(11-12-47-20-28(41)21-47)31(17-34(48)49)39(43,44)45)38(52)46-32(18-35(50)51)30-16-26(36(22)24)15-29(37(30)42)23-9-10-23/h13-17,19,23,28,32-33H,2-12,18,20-21H2,1H3,(H,46,52)(H,50,51)/t32-,33-/m0/s1. The molecule has 1 saturated carbocycles. The number of benzene rings is 2. The van der Waals surface area contributed by atoms with Gasteiger partial charge in [-0.1, -0.05) is 25.7 Å². The largest absolute Gasteiger partial charge is 0.481 e. The molecule has 52 heavy (non-hydrogen) atoms. The summed E-state index contributed by atoms with van der Waals surface area (Å²) < 4.78 is 87.9. The van der Waals surface area contributed by atoms with E-state index in [0.29, 0.717) is 48.4 Å². The van der Waals surface area contributed by atoms with Gasteiger partial charge in [-0.3, -0.25) is 19.3 Å². The molecular weight excluding hydrogens is 688 g/mol. The summed E-state index contributed by atoms with van der Waals surface area (Å²) in [5.74, 6) is -3.33. The number of nitrogens with zero attached hydrogens (tertiary/aromatic N) is 2. The van der Waals surface area contributed by atoms with Crippen molar-refractivity contribution in [3.8, 4) is 11.1 Å². The van der Waals surface area contributed by atoms with Gasteiger partial charge in [0.25, 0.3) is 5.56 Å². The molecular formula is C39H43F6N3O4. The third-order valence-corrected chi connectivity index (χ3v) is 10.5. The maximum atomic E-state index is 16.4. The highest BCUT2D eigenvalue weighted by Gasteiger charge is 2.37. The number of amides is 1. The van der Waals surface area contributed by atoms with Crippen molar-refractivity contribution < 1.29 is 41.0 Å². The van der Waals surface area contributed by atoms with Crippen molar-refractivity contribution in [1.82, 2.24) is 14.8 Å². The minimum absolute atomic E-state index is 0.0507. The van der Waals surface area contributed by atoms with Gasteiger partial charge in [0.15, 0.2) is 0 Å². The fourth-order valence-electron chi connectivity index (χ4n) is 7.71. The number of aryl methyl sites for hydroxylation is 2. The van der Waals surface area contributed by atoms with E-state index in [9.17, 15) is 41.4 Å². The number of fused-ring (bicyclic) bond motifs is 4. The smallest absolute Gasteiger partial charge is 0.416 e. The summed E-state index contributed by atoms with van der Waals surface area (Å²) in [6, 6.07) is 3.85. The predicted octanol–water partition coefficient (Wildman–Crippen LogP) is 7.96. The normalized spacial score (nSPS) is 20.9. The van der Waals surface area contributed by atoms with Crippen LogP contribution in [0.25, 0.3) is 11.1 Å². The minimum Gasteiger partial charge on any atom is -0.481 e. The Labute approximate surface area is 298 Å². The highest BCUT2D eigenvalue weighted by Crippen LogP contribution is 2.45. The lowest BCUT2D eigenvalue weighted by atomic mass is 9.87. The number of rotatable bonds is 7. The zero-order chi connectivity index (χ0) is 37.3. The van der Waals surface area contributed by atoms with Crippen molar-refractivity contribution in [2.45, 2.75) is 108 Å². The van der Waals surface area contributed by atoms with Crippen LogP contribution in [0.3, 0.4) is 0 Å². The molecule has 3 aromatic rings. The molecule has 13 heteroatoms. The van der Waals surface area contributed by atoms with Gasteiger partial charge in [0, 0.05) is 37.5 Å². The monoisotopic (exact) mass is 731 g/mol. The number of aromatic nitrogens is 1. The Hall–Kier alpha value is -4.13. The van der Waals surface area contributed by atoms with E-state index in [1.807, 2.05) is 0 Å². The molecule has 6 rings (SSSR count). The zero-order valence-electron chi connectivity index (χ0n) is 29.0. The Morgan fingerprint density at radius 1 is 0.942 bits per heavy atom. The molecule has 7 nitrogen and oxygen atoms in total. The molecule has 2 fully saturated rings. The second-order valence-corrected chi connectivity index (χ2v) is 14.5. The van der Waals surface area contributed by atoms with E-state index in [1.54, 1.807) is 17.9 Å². The van der Waals surface area contributed by atoms with Crippen molar-refractivity contribution >= 4 is 11.9 Å². The topological polar surface area (TPSA) is 91.6 Å². The summed E-state index contributed by atoms with van der Waals surface area (Å²) in [5.41, 5.74) is 0.551. The molecule has 2 atom stereocenters. The van der Waals surface area contributed by atoms with E-state index in [1.165, 1.54) is 18.2 Å². The first kappa shape index (κ1) is 37.6. The second-order valence-electron chi connectivity index (χ2n) is 14.5. The SMILES string of the molecule is Cc1cc(F)cc2c1-c1cc(C3CC3)c(F)c(c1)[C@H](CC(=O)O)NC(=O)[C@@H](n1cc(CCN3CC(F)C3)c(C(F)(F)F)cc1=O)CCCCCCC2. The Kier molecular flexibility index (Phi) is 11.2. The predicted molar refractivity (Wildman–Crippen MR) is 183 cm³/mol. The van der Waals surface area contributed by atoms with Crippen LogP contribution in [0.4, 0.5) is 26.3 Å². The number of carboxylic acid groups (broad SMARTS) is 1. The number of carbonyl (C=O) groups excluding carboxylic acids is 1. The molecule has 1 aromatic heterocycles. The molecule has 1 amide bonds. The number of carbonyl (C=O) groups is 2. The molecule has 0 unspecified atom stereocenters. The van der Waals surface area contributed by atoms with Crippen LogP contribution in [0.5, 0.6) is 0 Å². The number of hydrogen-bond donors (Lipinski definition) is 2. The molecule has 2 aliphatic heterocycles. The van der Waals surface area contributed by atoms with Crippen molar-refractivity contribution in [2.24, 2.45) is 0 Å². The summed E-state index contributed by atoms with van der Waals surface area (Å²) in [4.78, 5) is 41.5. The molecule has 2 aromatic carbocycles. The Bertz CT molecular complexity index is 1880. The van der Waals surface area contributed by atoms with Gasteiger partial charge >= 0.3 is 12.1 Å². The first-order valence-electron chi connectivity index (χ1n) is 18.0. The van der Waals surface area contributed by atoms with E-state index in [4.69, 9.17) is 0 Å². The van der Waals surface area contributed by atoms with Crippen molar-refractivity contribution in [2.75, 3.05) is 19.6 Å².